The Balaban J connectivity index is 2.22. The monoisotopic (exact) mass is 394 g/mol. The van der Waals surface area contributed by atoms with Gasteiger partial charge in [-0.1, -0.05) is 24.3 Å². The lowest BCUT2D eigenvalue weighted by atomic mass is 10.0. The molecule has 150 valence electrons. The summed E-state index contributed by atoms with van der Waals surface area (Å²) in [6, 6.07) is 12.5. The number of aromatic nitrogens is 1. The normalized spacial score (nSPS) is 10.4. The fourth-order valence-corrected chi connectivity index (χ4v) is 2.98. The van der Waals surface area contributed by atoms with Crippen molar-refractivity contribution >= 4 is 34.2 Å². The lowest BCUT2D eigenvalue weighted by molar-refractivity contribution is 0.0526. The molecular weight excluding hydrogens is 372 g/mol. The summed E-state index contributed by atoms with van der Waals surface area (Å²) in [7, 11) is 1.31. The van der Waals surface area contributed by atoms with Crippen LogP contribution in [0.3, 0.4) is 0 Å². The van der Waals surface area contributed by atoms with Crippen LogP contribution >= 0.6 is 0 Å². The number of benzene rings is 2. The van der Waals surface area contributed by atoms with Gasteiger partial charge in [0, 0.05) is 11.6 Å². The molecule has 7 nitrogen and oxygen atoms in total. The number of pyridine rings is 1. The molecule has 1 heterocycles. The van der Waals surface area contributed by atoms with Gasteiger partial charge in [-0.15, -0.1) is 0 Å². The van der Waals surface area contributed by atoms with E-state index in [9.17, 15) is 9.59 Å². The molecule has 29 heavy (non-hydrogen) atoms. The summed E-state index contributed by atoms with van der Waals surface area (Å²) in [5, 5.41) is 3.86. The molecule has 7 heteroatoms. The minimum absolute atomic E-state index is 0.230. The fraction of sp³-hybridized carbons (Fsp3) is 0.227. The van der Waals surface area contributed by atoms with Crippen LogP contribution in [0.4, 0.5) is 11.4 Å². The summed E-state index contributed by atoms with van der Waals surface area (Å²) in [4.78, 5) is 29.1. The number of carbonyl (C=O) groups excluding carboxylic acids is 2. The highest BCUT2D eigenvalue weighted by Crippen LogP contribution is 2.34. The first-order chi connectivity index (χ1) is 14.1. The Kier molecular flexibility index (Phi) is 6.29. The Labute approximate surface area is 168 Å². The number of para-hydroxylation sites is 3. The number of hydrogen-bond donors (Lipinski definition) is 1. The Morgan fingerprint density at radius 2 is 1.76 bits per heavy atom. The van der Waals surface area contributed by atoms with E-state index in [1.54, 1.807) is 25.1 Å². The predicted octanol–water partition coefficient (Wildman–Crippen LogP) is 4.34. The molecule has 2 aromatic carbocycles. The first-order valence-corrected chi connectivity index (χ1v) is 9.26. The van der Waals surface area contributed by atoms with Crippen LogP contribution in [-0.4, -0.2) is 37.2 Å². The number of carbonyl (C=O) groups is 2. The van der Waals surface area contributed by atoms with Gasteiger partial charge in [0.1, 0.15) is 11.3 Å². The highest BCUT2D eigenvalue weighted by Gasteiger charge is 2.21. The zero-order valence-corrected chi connectivity index (χ0v) is 16.5. The molecule has 0 spiro atoms. The topological polar surface area (TPSA) is 86.8 Å². The van der Waals surface area contributed by atoms with Crippen molar-refractivity contribution in [3.8, 4) is 5.75 Å². The van der Waals surface area contributed by atoms with E-state index < -0.39 is 11.9 Å². The first kappa shape index (κ1) is 20.1. The standard InChI is InChI=1S/C22H22N2O5/c1-4-28-18-12-7-6-11-17(18)24-20-14-9-8-10-15(21(25)27-3)19(14)23-13-16(20)22(26)29-5-2/h6-13H,4-5H2,1-3H3,(H,23,24). The van der Waals surface area contributed by atoms with Crippen molar-refractivity contribution in [2.45, 2.75) is 13.8 Å². The summed E-state index contributed by atoms with van der Waals surface area (Å²) < 4.78 is 15.7. The third-order valence-corrected chi connectivity index (χ3v) is 4.24. The van der Waals surface area contributed by atoms with E-state index >= 15 is 0 Å². The van der Waals surface area contributed by atoms with E-state index in [4.69, 9.17) is 14.2 Å². The average molecular weight is 394 g/mol. The maximum atomic E-state index is 12.6. The van der Waals surface area contributed by atoms with E-state index in [-0.39, 0.29) is 12.2 Å². The second-order valence-electron chi connectivity index (χ2n) is 6.01. The Morgan fingerprint density at radius 3 is 2.48 bits per heavy atom. The summed E-state index contributed by atoms with van der Waals surface area (Å²) >= 11 is 0. The average Bonchev–Trinajstić information content (AvgIpc) is 2.74. The molecule has 0 unspecified atom stereocenters. The SMILES string of the molecule is CCOC(=O)c1cnc2c(C(=O)OC)cccc2c1Nc1ccccc1OCC. The summed E-state index contributed by atoms with van der Waals surface area (Å²) in [6.45, 7) is 4.35. The van der Waals surface area contributed by atoms with Crippen molar-refractivity contribution in [1.82, 2.24) is 4.98 Å². The molecule has 0 saturated heterocycles. The number of esters is 2. The van der Waals surface area contributed by atoms with E-state index in [0.717, 1.165) is 0 Å². The van der Waals surface area contributed by atoms with Gasteiger partial charge in [-0.3, -0.25) is 4.98 Å². The molecule has 0 aliphatic heterocycles. The Hall–Kier alpha value is -3.61. The van der Waals surface area contributed by atoms with Gasteiger partial charge in [-0.25, -0.2) is 9.59 Å². The second-order valence-corrected chi connectivity index (χ2v) is 6.01. The van der Waals surface area contributed by atoms with Gasteiger partial charge in [0.15, 0.2) is 0 Å². The minimum atomic E-state index is -0.512. The number of methoxy groups -OCH3 is 1. The smallest absolute Gasteiger partial charge is 0.341 e. The molecule has 0 bridgehead atoms. The lowest BCUT2D eigenvalue weighted by Crippen LogP contribution is -2.11. The van der Waals surface area contributed by atoms with Crippen molar-refractivity contribution in [3.63, 3.8) is 0 Å². The van der Waals surface area contributed by atoms with Crippen LogP contribution in [0.1, 0.15) is 34.6 Å². The van der Waals surface area contributed by atoms with Crippen LogP contribution in [0.15, 0.2) is 48.7 Å². The molecule has 0 aliphatic carbocycles. The fourth-order valence-electron chi connectivity index (χ4n) is 2.98. The van der Waals surface area contributed by atoms with Crippen LogP contribution in [-0.2, 0) is 9.47 Å². The molecule has 1 aromatic heterocycles. The number of nitrogens with zero attached hydrogens (tertiary/aromatic N) is 1. The van der Waals surface area contributed by atoms with Crippen LogP contribution in [0, 0.1) is 0 Å². The first-order valence-electron chi connectivity index (χ1n) is 9.26. The molecule has 0 atom stereocenters. The quantitative estimate of drug-likeness (QED) is 0.597. The Bertz CT molecular complexity index is 1050. The molecule has 0 aliphatic rings. The zero-order valence-electron chi connectivity index (χ0n) is 16.5. The third kappa shape index (κ3) is 4.13. The van der Waals surface area contributed by atoms with Crippen molar-refractivity contribution in [3.05, 3.63) is 59.8 Å². The molecule has 3 aromatic rings. The van der Waals surface area contributed by atoms with Crippen LogP contribution in [0.2, 0.25) is 0 Å². The van der Waals surface area contributed by atoms with Gasteiger partial charge in [-0.05, 0) is 32.0 Å². The van der Waals surface area contributed by atoms with Crippen LogP contribution < -0.4 is 10.1 Å². The third-order valence-electron chi connectivity index (χ3n) is 4.24. The van der Waals surface area contributed by atoms with Gasteiger partial charge < -0.3 is 19.5 Å². The predicted molar refractivity (Wildman–Crippen MR) is 110 cm³/mol. The van der Waals surface area contributed by atoms with E-state index in [2.05, 4.69) is 10.3 Å². The molecule has 3 rings (SSSR count). The van der Waals surface area contributed by atoms with Gasteiger partial charge in [0.05, 0.1) is 42.8 Å². The Morgan fingerprint density at radius 1 is 0.966 bits per heavy atom. The zero-order chi connectivity index (χ0) is 20.8. The summed E-state index contributed by atoms with van der Waals surface area (Å²) in [5.74, 6) is -0.381. The largest absolute Gasteiger partial charge is 0.492 e. The molecule has 0 radical (unpaired) electrons. The van der Waals surface area contributed by atoms with Crippen molar-refractivity contribution in [2.75, 3.05) is 25.6 Å². The van der Waals surface area contributed by atoms with Gasteiger partial charge in [-0.2, -0.15) is 0 Å². The number of rotatable bonds is 7. The van der Waals surface area contributed by atoms with Gasteiger partial charge in [0.2, 0.25) is 0 Å². The maximum absolute atomic E-state index is 12.6. The van der Waals surface area contributed by atoms with Gasteiger partial charge >= 0.3 is 11.9 Å². The van der Waals surface area contributed by atoms with Crippen molar-refractivity contribution < 1.29 is 23.8 Å². The van der Waals surface area contributed by atoms with E-state index in [1.165, 1.54) is 13.3 Å². The highest BCUT2D eigenvalue weighted by atomic mass is 16.5. The molecule has 0 saturated carbocycles. The number of ether oxygens (including phenoxy) is 3. The molecule has 0 fully saturated rings. The molecule has 0 amide bonds. The second kappa shape index (κ2) is 9.05. The van der Waals surface area contributed by atoms with Gasteiger partial charge in [0.25, 0.3) is 0 Å². The number of nitrogens with one attached hydrogen (secondary N) is 1. The van der Waals surface area contributed by atoms with Crippen LogP contribution in [0.25, 0.3) is 10.9 Å². The van der Waals surface area contributed by atoms with E-state index in [1.807, 2.05) is 31.2 Å². The summed E-state index contributed by atoms with van der Waals surface area (Å²) in [5.41, 5.74) is 2.14. The number of fused-ring (bicyclic) bond motifs is 1. The van der Waals surface area contributed by atoms with Crippen LogP contribution in [0.5, 0.6) is 5.75 Å². The van der Waals surface area contributed by atoms with E-state index in [0.29, 0.717) is 40.2 Å². The maximum Gasteiger partial charge on any atom is 0.341 e. The lowest BCUT2D eigenvalue weighted by Gasteiger charge is -2.17. The molecule has 1 N–H and O–H groups in total. The number of anilines is 2. The minimum Gasteiger partial charge on any atom is -0.492 e. The number of hydrogen-bond acceptors (Lipinski definition) is 7. The molecular formula is C22H22N2O5. The highest BCUT2D eigenvalue weighted by molar-refractivity contribution is 6.11. The van der Waals surface area contributed by atoms with Crippen molar-refractivity contribution in [2.24, 2.45) is 0 Å². The van der Waals surface area contributed by atoms with Crippen molar-refractivity contribution in [1.29, 1.82) is 0 Å². The summed E-state index contributed by atoms with van der Waals surface area (Å²) in [6.07, 6.45) is 1.40.